The number of allylic oxidation sites excluding steroid dienone is 1. The van der Waals surface area contributed by atoms with E-state index in [-0.39, 0.29) is 6.61 Å². The van der Waals surface area contributed by atoms with Crippen LogP contribution in [0, 0.1) is 12.0 Å². The number of aliphatic hydroxyl groups excluding tert-OH is 2. The van der Waals surface area contributed by atoms with Gasteiger partial charge in [0.05, 0.1) is 6.61 Å². The van der Waals surface area contributed by atoms with Crippen molar-refractivity contribution in [3.05, 3.63) is 9.66 Å². The molecule has 0 radical (unpaired) electrons. The largest absolute Gasteiger partial charge is 0.462 e. The molecule has 2 nitrogen and oxygen atoms in total. The van der Waals surface area contributed by atoms with Crippen LogP contribution < -0.4 is 0 Å². The highest BCUT2D eigenvalue weighted by molar-refractivity contribution is 14.1. The van der Waals surface area contributed by atoms with E-state index in [0.717, 1.165) is 12.8 Å². The molecule has 0 amide bonds. The van der Waals surface area contributed by atoms with E-state index in [1.807, 2.05) is 6.92 Å². The van der Waals surface area contributed by atoms with Gasteiger partial charge in [-0.1, -0.05) is 19.8 Å². The van der Waals surface area contributed by atoms with E-state index >= 15 is 0 Å². The molecule has 0 aromatic carbocycles. The van der Waals surface area contributed by atoms with Crippen LogP contribution in [0.15, 0.2) is 9.66 Å². The first-order chi connectivity index (χ1) is 5.72. The van der Waals surface area contributed by atoms with Crippen molar-refractivity contribution in [2.24, 2.45) is 0 Å². The van der Waals surface area contributed by atoms with Gasteiger partial charge in [0.1, 0.15) is 6.11 Å². The molecule has 0 aliphatic rings. The van der Waals surface area contributed by atoms with Gasteiger partial charge in [-0.3, -0.25) is 0 Å². The molecule has 0 saturated heterocycles. The Morgan fingerprint density at radius 1 is 1.50 bits per heavy atom. The van der Waals surface area contributed by atoms with Gasteiger partial charge in [0.2, 0.25) is 0 Å². The molecular weight excluding hydrogens is 267 g/mol. The molecule has 0 aromatic heterocycles. The Labute approximate surface area is 87.8 Å². The number of halogens is 1. The van der Waals surface area contributed by atoms with Gasteiger partial charge in [0.15, 0.2) is 0 Å². The summed E-state index contributed by atoms with van der Waals surface area (Å²) in [6.07, 6.45) is 5.34. The van der Waals surface area contributed by atoms with Crippen LogP contribution in [0.4, 0.5) is 0 Å². The van der Waals surface area contributed by atoms with E-state index in [2.05, 4.69) is 35.4 Å². The van der Waals surface area contributed by atoms with E-state index in [0.29, 0.717) is 0 Å². The lowest BCUT2D eigenvalue weighted by molar-refractivity contribution is 0.342. The fourth-order valence-electron chi connectivity index (χ4n) is 0.322. The van der Waals surface area contributed by atoms with Crippen molar-refractivity contribution in [1.29, 1.82) is 0 Å². The molecule has 0 unspecified atom stereocenters. The molecular formula is C9H15IO2. The maximum atomic E-state index is 8.29. The van der Waals surface area contributed by atoms with Crippen molar-refractivity contribution in [1.82, 2.24) is 0 Å². The predicted molar refractivity (Wildman–Crippen MR) is 59.5 cm³/mol. The molecule has 0 spiro atoms. The van der Waals surface area contributed by atoms with Crippen molar-refractivity contribution in [2.75, 3.05) is 6.61 Å². The van der Waals surface area contributed by atoms with Gasteiger partial charge in [-0.25, -0.2) is 0 Å². The molecule has 0 fully saturated rings. The molecule has 0 aliphatic carbocycles. The Balaban J connectivity index is 0. The lowest BCUT2D eigenvalue weighted by Gasteiger charge is -1.85. The topological polar surface area (TPSA) is 40.5 Å². The van der Waals surface area contributed by atoms with Crippen LogP contribution in [0.3, 0.4) is 0 Å². The first kappa shape index (κ1) is 14.3. The van der Waals surface area contributed by atoms with Crippen molar-refractivity contribution in [3.63, 3.8) is 0 Å². The van der Waals surface area contributed by atoms with Crippen LogP contribution in [0.5, 0.6) is 0 Å². The van der Waals surface area contributed by atoms with Crippen LogP contribution in [-0.4, -0.2) is 16.8 Å². The third kappa shape index (κ3) is 16.4. The average molecular weight is 282 g/mol. The van der Waals surface area contributed by atoms with Crippen molar-refractivity contribution in [2.45, 2.75) is 26.7 Å². The summed E-state index contributed by atoms with van der Waals surface area (Å²) in [6, 6.07) is 0. The van der Waals surface area contributed by atoms with Gasteiger partial charge in [-0.2, -0.15) is 0 Å². The minimum Gasteiger partial charge on any atom is -0.462 e. The van der Waals surface area contributed by atoms with E-state index in [1.54, 1.807) is 12.2 Å². The maximum Gasteiger partial charge on any atom is 0.107 e. The molecule has 3 heteroatoms. The summed E-state index contributed by atoms with van der Waals surface area (Å²) in [4.78, 5) is 0. The van der Waals surface area contributed by atoms with Crippen LogP contribution in [0.1, 0.15) is 26.7 Å². The lowest BCUT2D eigenvalue weighted by atomic mass is 10.4. The quantitative estimate of drug-likeness (QED) is 0.603. The summed E-state index contributed by atoms with van der Waals surface area (Å²) < 4.78 is 1.22. The lowest BCUT2D eigenvalue weighted by Crippen LogP contribution is -1.72. The number of hydrogen-bond acceptors (Lipinski definition) is 2. The third-order valence-electron chi connectivity index (χ3n) is 0.906. The molecule has 2 N–H and O–H groups in total. The predicted octanol–water partition coefficient (Wildman–Crippen LogP) is 2.44. The summed E-state index contributed by atoms with van der Waals surface area (Å²) in [5.74, 6) is 2.42. The maximum absolute atomic E-state index is 8.29. The van der Waals surface area contributed by atoms with Crippen LogP contribution in [-0.2, 0) is 0 Å². The zero-order chi connectivity index (χ0) is 9.82. The first-order valence-corrected chi connectivity index (χ1v) is 4.88. The van der Waals surface area contributed by atoms with E-state index in [1.165, 1.54) is 3.58 Å². The smallest absolute Gasteiger partial charge is 0.107 e. The second kappa shape index (κ2) is 13.4. The van der Waals surface area contributed by atoms with E-state index < -0.39 is 0 Å². The molecule has 12 heavy (non-hydrogen) atoms. The van der Waals surface area contributed by atoms with Gasteiger partial charge in [-0.05, 0) is 38.7 Å². The molecule has 0 aromatic rings. The van der Waals surface area contributed by atoms with Gasteiger partial charge >= 0.3 is 0 Å². The standard InChI is InChI=1S/C5H9IO.C4H6O/c1-2-5(6)3-4-7;1-2-3-4-5/h3,7H,2,4H2,1H3;5H,2H2,1H3/b5-3-;. The normalized spacial score (nSPS) is 9.17. The minimum atomic E-state index is 0.173. The van der Waals surface area contributed by atoms with Gasteiger partial charge in [-0.15, -0.1) is 0 Å². The second-order valence-corrected chi connectivity index (χ2v) is 3.21. The Kier molecular flexibility index (Phi) is 16.0. The van der Waals surface area contributed by atoms with Crippen LogP contribution in [0.25, 0.3) is 0 Å². The van der Waals surface area contributed by atoms with Gasteiger partial charge in [0, 0.05) is 6.42 Å². The van der Waals surface area contributed by atoms with E-state index in [4.69, 9.17) is 10.2 Å². The van der Waals surface area contributed by atoms with Crippen molar-refractivity contribution < 1.29 is 10.2 Å². The first-order valence-electron chi connectivity index (χ1n) is 3.80. The molecule has 0 bridgehead atoms. The van der Waals surface area contributed by atoms with Crippen molar-refractivity contribution in [3.8, 4) is 12.0 Å². The average Bonchev–Trinajstić information content (AvgIpc) is 2.07. The van der Waals surface area contributed by atoms with Gasteiger partial charge in [0.25, 0.3) is 0 Å². The Hall–Kier alpha value is -0.210. The zero-order valence-electron chi connectivity index (χ0n) is 7.47. The molecule has 70 valence electrons. The zero-order valence-corrected chi connectivity index (χ0v) is 9.63. The number of aliphatic hydroxyl groups is 2. The Morgan fingerprint density at radius 3 is 2.17 bits per heavy atom. The third-order valence-corrected chi connectivity index (χ3v) is 2.11. The highest BCUT2D eigenvalue weighted by atomic mass is 127. The number of rotatable bonds is 2. The summed E-state index contributed by atoms with van der Waals surface area (Å²) in [6.45, 7) is 4.11. The monoisotopic (exact) mass is 282 g/mol. The molecule has 0 aliphatic heterocycles. The SMILES string of the molecule is CC/C(I)=C/CO.CCC#CO. The molecule has 0 saturated carbocycles. The molecule has 0 atom stereocenters. The highest BCUT2D eigenvalue weighted by Crippen LogP contribution is 2.07. The van der Waals surface area contributed by atoms with E-state index in [9.17, 15) is 0 Å². The highest BCUT2D eigenvalue weighted by Gasteiger charge is 1.79. The summed E-state index contributed by atoms with van der Waals surface area (Å²) in [7, 11) is 0. The minimum absolute atomic E-state index is 0.173. The Morgan fingerprint density at radius 2 is 2.08 bits per heavy atom. The second-order valence-electron chi connectivity index (χ2n) is 1.83. The molecule has 0 heterocycles. The molecule has 0 rings (SSSR count). The fourth-order valence-corrected chi connectivity index (χ4v) is 0.519. The summed E-state index contributed by atoms with van der Waals surface area (Å²) in [5, 5.41) is 16.0. The van der Waals surface area contributed by atoms with Gasteiger partial charge < -0.3 is 10.2 Å². The van der Waals surface area contributed by atoms with Crippen molar-refractivity contribution >= 4 is 22.6 Å². The van der Waals surface area contributed by atoms with Crippen LogP contribution in [0.2, 0.25) is 0 Å². The van der Waals surface area contributed by atoms with Crippen LogP contribution >= 0.6 is 22.6 Å². The fraction of sp³-hybridized carbons (Fsp3) is 0.556. The summed E-state index contributed by atoms with van der Waals surface area (Å²) >= 11 is 2.21. The summed E-state index contributed by atoms with van der Waals surface area (Å²) in [5.41, 5.74) is 0. The Bertz CT molecular complexity index is 165. The number of hydrogen-bond donors (Lipinski definition) is 2.